The maximum absolute atomic E-state index is 14.3. The van der Waals surface area contributed by atoms with Crippen molar-refractivity contribution in [1.82, 2.24) is 38.2 Å². The zero-order valence-electron chi connectivity index (χ0n) is 41.2. The van der Waals surface area contributed by atoms with Gasteiger partial charge < -0.3 is 24.3 Å². The van der Waals surface area contributed by atoms with Crippen molar-refractivity contribution in [2.45, 2.75) is 53.2 Å². The number of benzene rings is 3. The van der Waals surface area contributed by atoms with Crippen molar-refractivity contribution >= 4 is 55.0 Å². The van der Waals surface area contributed by atoms with E-state index in [0.717, 1.165) is 71.9 Å². The molecule has 14 nitrogen and oxygen atoms in total. The van der Waals surface area contributed by atoms with Crippen LogP contribution in [0.1, 0.15) is 64.6 Å². The van der Waals surface area contributed by atoms with E-state index in [1.165, 1.54) is 21.3 Å². The molecular weight excluding hydrogens is 925 g/mol. The fourth-order valence-corrected chi connectivity index (χ4v) is 9.57. The molecule has 0 radical (unpaired) electrons. The molecule has 0 bridgehead atoms. The van der Waals surface area contributed by atoms with Gasteiger partial charge in [-0.3, -0.25) is 33.7 Å². The van der Waals surface area contributed by atoms with Gasteiger partial charge in [-0.2, -0.15) is 0 Å². The second-order valence-corrected chi connectivity index (χ2v) is 18.4. The number of anilines is 2. The van der Waals surface area contributed by atoms with Crippen molar-refractivity contribution < 1.29 is 0 Å². The lowest BCUT2D eigenvalue weighted by molar-refractivity contribution is 0.541. The molecule has 3 aromatic carbocycles. The average Bonchev–Trinajstić information content (AvgIpc) is 3.40. The molecule has 8 heterocycles. The number of para-hydroxylation sites is 1. The van der Waals surface area contributed by atoms with Crippen molar-refractivity contribution in [3.05, 3.63) is 230 Å². The summed E-state index contributed by atoms with van der Waals surface area (Å²) in [6, 6.07) is 43.1. The monoisotopic (exact) mass is 980 g/mol. The van der Waals surface area contributed by atoms with E-state index in [9.17, 15) is 19.2 Å². The summed E-state index contributed by atoms with van der Waals surface area (Å²) in [6.45, 7) is 8.06. The van der Waals surface area contributed by atoms with Crippen LogP contribution in [-0.4, -0.2) is 38.2 Å². The molecule has 11 rings (SSSR count). The normalized spacial score (nSPS) is 12.0. The molecule has 74 heavy (non-hydrogen) atoms. The summed E-state index contributed by atoms with van der Waals surface area (Å²) in [5.74, 6) is 1.33. The summed E-state index contributed by atoms with van der Waals surface area (Å²) in [6.07, 6.45) is 10.5. The summed E-state index contributed by atoms with van der Waals surface area (Å²) in [5, 5.41) is 11.9. The van der Waals surface area contributed by atoms with Crippen LogP contribution in [-0.2, 0) is 14.1 Å². The molecule has 0 spiro atoms. The number of pyridine rings is 8. The highest BCUT2D eigenvalue weighted by Crippen LogP contribution is 2.33. The van der Waals surface area contributed by atoms with Gasteiger partial charge in [0.05, 0.1) is 22.9 Å². The number of aromatic nitrogens is 8. The van der Waals surface area contributed by atoms with E-state index in [1.54, 1.807) is 68.0 Å². The standard InChI is InChI=1S/C31H25N5O2.C28H27N5O2.CH4/c1-20(34-30-29-21(15-17-33-30)9-7-16-32-29)26-18-22-8-6-12-25(23-13-14-27(37)35(2)19-23)28(22)31(38)36(26)24-10-4-3-5-11-24;1-17(2)33-23(18(3)31-27-26-19(12-14-30-27)8-6-13-29-26)15-20-7-5-9-22(25(20)28(33)35)21-10-11-24(34)32(4)16-21;/h3-20H,1-2H3,(H,33,34);5-18H,1-4H3,(H,30,31);1H4/t20-;18-;/m00./s1. The quantitative estimate of drug-likeness (QED) is 0.135. The first-order chi connectivity index (χ1) is 35.4. The number of rotatable bonds is 10. The third-order valence-corrected chi connectivity index (χ3v) is 13.1. The SMILES string of the molecule is C.CC(C)n1c([C@H](C)Nc2nccc3cccnc23)cc2cccc(-c3ccc(=O)n(C)c3)c2c1=O.C[C@H](Nc1nccc2cccnc12)c1cc2cccc(-c3ccc(=O)n(C)c3)c2c(=O)n1-c1ccccc1. The summed E-state index contributed by atoms with van der Waals surface area (Å²) in [4.78, 5) is 70.2. The van der Waals surface area contributed by atoms with Gasteiger partial charge in [0.2, 0.25) is 11.1 Å². The first kappa shape index (κ1) is 49.7. The van der Waals surface area contributed by atoms with Gasteiger partial charge in [-0.15, -0.1) is 0 Å². The number of nitrogens with zero attached hydrogens (tertiary/aromatic N) is 8. The Labute approximate surface area is 427 Å². The summed E-state index contributed by atoms with van der Waals surface area (Å²) < 4.78 is 6.64. The summed E-state index contributed by atoms with van der Waals surface area (Å²) in [5.41, 5.74) is 6.82. The van der Waals surface area contributed by atoms with Gasteiger partial charge in [0, 0.05) is 97.3 Å². The number of hydrogen-bond donors (Lipinski definition) is 2. The fourth-order valence-electron chi connectivity index (χ4n) is 9.57. The van der Waals surface area contributed by atoms with E-state index < -0.39 is 0 Å². The Morgan fingerprint density at radius 3 is 1.43 bits per heavy atom. The molecule has 2 N–H and O–H groups in total. The smallest absolute Gasteiger partial charge is 0.263 e. The Balaban J connectivity index is 0.000000180. The van der Waals surface area contributed by atoms with E-state index in [0.29, 0.717) is 22.4 Å². The van der Waals surface area contributed by atoms with Crippen molar-refractivity contribution in [3.8, 4) is 27.9 Å². The van der Waals surface area contributed by atoms with E-state index >= 15 is 0 Å². The third kappa shape index (κ3) is 9.48. The Bertz CT molecular complexity index is 4130. The average molecular weight is 981 g/mol. The lowest BCUT2D eigenvalue weighted by Gasteiger charge is -2.24. The van der Waals surface area contributed by atoms with Gasteiger partial charge in [0.1, 0.15) is 11.0 Å². The number of hydrogen-bond acceptors (Lipinski definition) is 10. The molecule has 370 valence electrons. The van der Waals surface area contributed by atoms with Crippen LogP contribution in [0, 0.1) is 0 Å². The Hall–Kier alpha value is -9.30. The van der Waals surface area contributed by atoms with E-state index in [1.807, 2.05) is 141 Å². The van der Waals surface area contributed by atoms with Crippen molar-refractivity contribution in [1.29, 1.82) is 0 Å². The minimum absolute atomic E-state index is 0. The van der Waals surface area contributed by atoms with Crippen molar-refractivity contribution in [2.24, 2.45) is 14.1 Å². The predicted octanol–water partition coefficient (Wildman–Crippen LogP) is 11.2. The van der Waals surface area contributed by atoms with Crippen LogP contribution in [0.25, 0.3) is 71.3 Å². The maximum atomic E-state index is 14.3. The first-order valence-corrected chi connectivity index (χ1v) is 24.0. The molecule has 0 fully saturated rings. The van der Waals surface area contributed by atoms with E-state index in [2.05, 4.69) is 36.6 Å². The number of fused-ring (bicyclic) bond motifs is 4. The van der Waals surface area contributed by atoms with Crippen LogP contribution in [0.15, 0.2) is 196 Å². The van der Waals surface area contributed by atoms with Crippen LogP contribution in [0.5, 0.6) is 0 Å². The molecule has 0 unspecified atom stereocenters. The molecule has 0 saturated heterocycles. The molecule has 0 aliphatic carbocycles. The molecule has 11 aromatic rings. The fraction of sp³-hybridized carbons (Fsp3) is 0.167. The van der Waals surface area contributed by atoms with Gasteiger partial charge in [-0.05, 0) is 121 Å². The van der Waals surface area contributed by atoms with Crippen LogP contribution < -0.4 is 32.9 Å². The van der Waals surface area contributed by atoms with Gasteiger partial charge in [-0.1, -0.05) is 74.2 Å². The van der Waals surface area contributed by atoms with Crippen LogP contribution in [0.3, 0.4) is 0 Å². The summed E-state index contributed by atoms with van der Waals surface area (Å²) in [7, 11) is 3.42. The summed E-state index contributed by atoms with van der Waals surface area (Å²) >= 11 is 0. The molecule has 2 atom stereocenters. The largest absolute Gasteiger partial charge is 0.360 e. The maximum Gasteiger partial charge on any atom is 0.263 e. The zero-order chi connectivity index (χ0) is 50.9. The molecule has 14 heteroatoms. The zero-order valence-corrected chi connectivity index (χ0v) is 41.2. The Kier molecular flexibility index (Phi) is 14.0. The topological polar surface area (TPSA) is 164 Å². The Morgan fingerprint density at radius 1 is 0.459 bits per heavy atom. The highest BCUT2D eigenvalue weighted by molar-refractivity contribution is 5.98. The van der Waals surface area contributed by atoms with Gasteiger partial charge in [-0.25, -0.2) is 9.97 Å². The number of aryl methyl sites for hydroxylation is 2. The van der Waals surface area contributed by atoms with E-state index in [4.69, 9.17) is 0 Å². The highest BCUT2D eigenvalue weighted by atomic mass is 16.1. The number of nitrogens with one attached hydrogen (secondary N) is 2. The predicted molar refractivity (Wildman–Crippen MR) is 299 cm³/mol. The van der Waals surface area contributed by atoms with Crippen molar-refractivity contribution in [2.75, 3.05) is 10.6 Å². The van der Waals surface area contributed by atoms with Crippen LogP contribution in [0.2, 0.25) is 0 Å². The first-order valence-electron chi connectivity index (χ1n) is 24.0. The molecule has 0 aliphatic heterocycles. The molecule has 0 saturated carbocycles. The van der Waals surface area contributed by atoms with Gasteiger partial charge in [0.25, 0.3) is 11.1 Å². The van der Waals surface area contributed by atoms with Crippen LogP contribution >= 0.6 is 0 Å². The molecule has 0 amide bonds. The lowest BCUT2D eigenvalue weighted by Crippen LogP contribution is -2.28. The third-order valence-electron chi connectivity index (χ3n) is 13.1. The second-order valence-electron chi connectivity index (χ2n) is 18.4. The molecular formula is C60H56N10O4. The van der Waals surface area contributed by atoms with Gasteiger partial charge >= 0.3 is 0 Å². The lowest BCUT2D eigenvalue weighted by atomic mass is 9.98. The Morgan fingerprint density at radius 2 is 0.932 bits per heavy atom. The second kappa shape index (κ2) is 20.8. The molecule has 8 aromatic heterocycles. The highest BCUT2D eigenvalue weighted by Gasteiger charge is 2.22. The minimum atomic E-state index is -0.270. The van der Waals surface area contributed by atoms with Crippen molar-refractivity contribution in [3.63, 3.8) is 0 Å². The van der Waals surface area contributed by atoms with E-state index in [-0.39, 0.29) is 47.8 Å². The molecule has 0 aliphatic rings. The minimum Gasteiger partial charge on any atom is -0.360 e. The van der Waals surface area contributed by atoms with Gasteiger partial charge in [0.15, 0.2) is 11.6 Å². The van der Waals surface area contributed by atoms with Crippen LogP contribution in [0.4, 0.5) is 11.6 Å².